The van der Waals surface area contributed by atoms with Crippen molar-refractivity contribution in [1.82, 2.24) is 4.90 Å². The Morgan fingerprint density at radius 1 is 1.22 bits per heavy atom. The first kappa shape index (κ1) is 13.2. The Labute approximate surface area is 108 Å². The SMILES string of the molecule is COc1cc(CN2CCCC2CO)cc(OC)c1. The molecule has 1 aromatic rings. The zero-order valence-corrected chi connectivity index (χ0v) is 11.1. The van der Waals surface area contributed by atoms with Gasteiger partial charge in [-0.15, -0.1) is 0 Å². The Bertz CT molecular complexity index is 372. The fourth-order valence-corrected chi connectivity index (χ4v) is 2.50. The predicted molar refractivity (Wildman–Crippen MR) is 70.1 cm³/mol. The number of hydrogen-bond donors (Lipinski definition) is 1. The number of rotatable bonds is 5. The number of methoxy groups -OCH3 is 2. The Morgan fingerprint density at radius 2 is 1.89 bits per heavy atom. The minimum Gasteiger partial charge on any atom is -0.497 e. The highest BCUT2D eigenvalue weighted by Crippen LogP contribution is 2.26. The lowest BCUT2D eigenvalue weighted by molar-refractivity contribution is 0.153. The second-order valence-corrected chi connectivity index (χ2v) is 4.67. The Morgan fingerprint density at radius 3 is 2.44 bits per heavy atom. The van der Waals surface area contributed by atoms with Crippen LogP contribution in [0.5, 0.6) is 11.5 Å². The van der Waals surface area contributed by atoms with E-state index in [1.54, 1.807) is 14.2 Å². The van der Waals surface area contributed by atoms with Crippen LogP contribution in [0.1, 0.15) is 18.4 Å². The summed E-state index contributed by atoms with van der Waals surface area (Å²) in [7, 11) is 3.32. The van der Waals surface area contributed by atoms with Gasteiger partial charge in [0.05, 0.1) is 20.8 Å². The van der Waals surface area contributed by atoms with Gasteiger partial charge in [0.25, 0.3) is 0 Å². The predicted octanol–water partition coefficient (Wildman–Crippen LogP) is 1.66. The van der Waals surface area contributed by atoms with Gasteiger partial charge < -0.3 is 14.6 Å². The van der Waals surface area contributed by atoms with Crippen molar-refractivity contribution in [3.8, 4) is 11.5 Å². The smallest absolute Gasteiger partial charge is 0.122 e. The van der Waals surface area contributed by atoms with E-state index in [2.05, 4.69) is 4.90 Å². The van der Waals surface area contributed by atoms with Crippen LogP contribution in [-0.2, 0) is 6.54 Å². The van der Waals surface area contributed by atoms with Crippen LogP contribution < -0.4 is 9.47 Å². The van der Waals surface area contributed by atoms with E-state index in [4.69, 9.17) is 9.47 Å². The molecular weight excluding hydrogens is 230 g/mol. The summed E-state index contributed by atoms with van der Waals surface area (Å²) in [6.07, 6.45) is 2.24. The molecule has 0 saturated carbocycles. The van der Waals surface area contributed by atoms with Gasteiger partial charge in [0.15, 0.2) is 0 Å². The quantitative estimate of drug-likeness (QED) is 0.864. The van der Waals surface area contributed by atoms with E-state index < -0.39 is 0 Å². The molecule has 1 aromatic carbocycles. The van der Waals surface area contributed by atoms with Crippen molar-refractivity contribution in [1.29, 1.82) is 0 Å². The largest absolute Gasteiger partial charge is 0.497 e. The first-order valence-corrected chi connectivity index (χ1v) is 6.33. The van der Waals surface area contributed by atoms with Crippen molar-refractivity contribution in [2.24, 2.45) is 0 Å². The lowest BCUT2D eigenvalue weighted by Gasteiger charge is -2.23. The molecule has 4 nitrogen and oxygen atoms in total. The number of ether oxygens (including phenoxy) is 2. The van der Waals surface area contributed by atoms with Crippen molar-refractivity contribution >= 4 is 0 Å². The van der Waals surface area contributed by atoms with E-state index in [-0.39, 0.29) is 6.61 Å². The summed E-state index contributed by atoms with van der Waals surface area (Å²) >= 11 is 0. The second kappa shape index (κ2) is 6.07. The van der Waals surface area contributed by atoms with Crippen LogP contribution >= 0.6 is 0 Å². The van der Waals surface area contributed by atoms with Gasteiger partial charge in [-0.3, -0.25) is 4.90 Å². The zero-order valence-electron chi connectivity index (χ0n) is 11.1. The van der Waals surface area contributed by atoms with Crippen molar-refractivity contribution in [2.75, 3.05) is 27.4 Å². The highest BCUT2D eigenvalue weighted by molar-refractivity contribution is 5.38. The highest BCUT2D eigenvalue weighted by Gasteiger charge is 2.23. The highest BCUT2D eigenvalue weighted by atomic mass is 16.5. The third-order valence-corrected chi connectivity index (χ3v) is 3.51. The molecule has 1 aliphatic rings. The number of hydrogen-bond acceptors (Lipinski definition) is 4. The normalized spacial score (nSPS) is 20.1. The molecule has 1 heterocycles. The van der Waals surface area contributed by atoms with Gasteiger partial charge in [0.1, 0.15) is 11.5 Å². The van der Waals surface area contributed by atoms with Gasteiger partial charge in [0, 0.05) is 18.7 Å². The second-order valence-electron chi connectivity index (χ2n) is 4.67. The number of likely N-dealkylation sites (tertiary alicyclic amines) is 1. The average molecular weight is 251 g/mol. The lowest BCUT2D eigenvalue weighted by atomic mass is 10.1. The van der Waals surface area contributed by atoms with Gasteiger partial charge in [-0.2, -0.15) is 0 Å². The van der Waals surface area contributed by atoms with Gasteiger partial charge in [-0.25, -0.2) is 0 Å². The first-order chi connectivity index (χ1) is 8.76. The number of nitrogens with zero attached hydrogens (tertiary/aromatic N) is 1. The van der Waals surface area contributed by atoms with Crippen molar-refractivity contribution in [3.05, 3.63) is 23.8 Å². The minimum absolute atomic E-state index is 0.237. The van der Waals surface area contributed by atoms with E-state index in [1.165, 1.54) is 0 Å². The molecule has 100 valence electrons. The molecule has 0 aliphatic carbocycles. The van der Waals surface area contributed by atoms with Crippen molar-refractivity contribution in [2.45, 2.75) is 25.4 Å². The van der Waals surface area contributed by atoms with Gasteiger partial charge >= 0.3 is 0 Å². The lowest BCUT2D eigenvalue weighted by Crippen LogP contribution is -2.31. The molecule has 0 amide bonds. The standard InChI is InChI=1S/C14H21NO3/c1-17-13-6-11(7-14(8-13)18-2)9-15-5-3-4-12(15)10-16/h6-8,12,16H,3-5,9-10H2,1-2H3. The number of aliphatic hydroxyl groups excluding tert-OH is 1. The van der Waals surface area contributed by atoms with Crippen LogP contribution in [0.25, 0.3) is 0 Å². The van der Waals surface area contributed by atoms with Crippen LogP contribution in [0.4, 0.5) is 0 Å². The summed E-state index contributed by atoms with van der Waals surface area (Å²) in [6, 6.07) is 6.21. The van der Waals surface area contributed by atoms with E-state index in [1.807, 2.05) is 18.2 Å². The summed E-state index contributed by atoms with van der Waals surface area (Å²) in [5.74, 6) is 1.62. The number of benzene rings is 1. The molecule has 18 heavy (non-hydrogen) atoms. The topological polar surface area (TPSA) is 41.9 Å². The molecule has 1 atom stereocenters. The average Bonchev–Trinajstić information content (AvgIpc) is 2.85. The molecule has 1 N–H and O–H groups in total. The summed E-state index contributed by atoms with van der Waals surface area (Å²) in [4.78, 5) is 2.31. The van der Waals surface area contributed by atoms with Crippen LogP contribution in [0.15, 0.2) is 18.2 Å². The molecule has 0 spiro atoms. The monoisotopic (exact) mass is 251 g/mol. The van der Waals surface area contributed by atoms with E-state index in [0.29, 0.717) is 6.04 Å². The molecule has 0 radical (unpaired) electrons. The molecule has 1 aliphatic heterocycles. The molecule has 4 heteroatoms. The third kappa shape index (κ3) is 2.94. The molecule has 2 rings (SSSR count). The van der Waals surface area contributed by atoms with Crippen LogP contribution in [0.2, 0.25) is 0 Å². The van der Waals surface area contributed by atoms with E-state index in [9.17, 15) is 5.11 Å². The molecule has 1 saturated heterocycles. The maximum atomic E-state index is 9.32. The van der Waals surface area contributed by atoms with Gasteiger partial charge in [-0.05, 0) is 37.1 Å². The van der Waals surface area contributed by atoms with Crippen LogP contribution in [0.3, 0.4) is 0 Å². The van der Waals surface area contributed by atoms with Crippen LogP contribution in [-0.4, -0.2) is 43.4 Å². The van der Waals surface area contributed by atoms with Gasteiger partial charge in [0.2, 0.25) is 0 Å². The summed E-state index contributed by atoms with van der Waals surface area (Å²) in [5, 5.41) is 9.32. The molecule has 1 unspecified atom stereocenters. The van der Waals surface area contributed by atoms with Crippen molar-refractivity contribution < 1.29 is 14.6 Å². The summed E-state index contributed by atoms with van der Waals surface area (Å²) in [6.45, 7) is 2.12. The van der Waals surface area contributed by atoms with Crippen LogP contribution in [0, 0.1) is 0 Å². The van der Waals surface area contributed by atoms with Gasteiger partial charge in [-0.1, -0.05) is 0 Å². The van der Waals surface area contributed by atoms with E-state index in [0.717, 1.165) is 43.0 Å². The maximum absolute atomic E-state index is 9.32. The molecule has 1 fully saturated rings. The Hall–Kier alpha value is -1.26. The Kier molecular flexibility index (Phi) is 4.44. The fourth-order valence-electron chi connectivity index (χ4n) is 2.50. The fraction of sp³-hybridized carbons (Fsp3) is 0.571. The maximum Gasteiger partial charge on any atom is 0.122 e. The molecule has 0 bridgehead atoms. The summed E-state index contributed by atoms with van der Waals surface area (Å²) in [5.41, 5.74) is 1.16. The van der Waals surface area contributed by atoms with E-state index >= 15 is 0 Å². The molecule has 0 aromatic heterocycles. The minimum atomic E-state index is 0.237. The number of aliphatic hydroxyl groups is 1. The first-order valence-electron chi connectivity index (χ1n) is 6.33. The Balaban J connectivity index is 2.12. The third-order valence-electron chi connectivity index (χ3n) is 3.51. The summed E-state index contributed by atoms with van der Waals surface area (Å²) < 4.78 is 10.5. The molecular formula is C14H21NO3. The van der Waals surface area contributed by atoms with Crippen molar-refractivity contribution in [3.63, 3.8) is 0 Å². The zero-order chi connectivity index (χ0) is 13.0.